The van der Waals surface area contributed by atoms with Gasteiger partial charge in [-0.05, 0) is 30.5 Å². The van der Waals surface area contributed by atoms with Crippen LogP contribution in [0.15, 0.2) is 18.3 Å². The summed E-state index contributed by atoms with van der Waals surface area (Å²) in [7, 11) is 1.59. The van der Waals surface area contributed by atoms with E-state index in [4.69, 9.17) is 26.6 Å². The van der Waals surface area contributed by atoms with Crippen LogP contribution in [-0.2, 0) is 13.0 Å². The van der Waals surface area contributed by atoms with Gasteiger partial charge < -0.3 is 19.5 Å². The molecule has 19 heavy (non-hydrogen) atoms. The number of aliphatic hydroxyl groups excluding tert-OH is 2. The van der Waals surface area contributed by atoms with Crippen molar-refractivity contribution in [2.24, 2.45) is 0 Å². The smallest absolute Gasteiger partial charge is 0.138 e. The lowest BCUT2D eigenvalue weighted by atomic mass is 10.1. The van der Waals surface area contributed by atoms with Gasteiger partial charge in [0.05, 0.1) is 24.3 Å². The zero-order chi connectivity index (χ0) is 13.8. The number of methoxy groups -OCH3 is 1. The predicted molar refractivity (Wildman–Crippen MR) is 76.0 cm³/mol. The van der Waals surface area contributed by atoms with Crippen molar-refractivity contribution in [3.05, 3.63) is 28.9 Å². The molecule has 5 heteroatoms. The fourth-order valence-electron chi connectivity index (χ4n) is 2.28. The minimum Gasteiger partial charge on any atom is -0.495 e. The molecule has 0 spiro atoms. The number of nitrogens with zero attached hydrogens (tertiary/aromatic N) is 1. The summed E-state index contributed by atoms with van der Waals surface area (Å²) >= 11 is 6.15. The van der Waals surface area contributed by atoms with E-state index in [9.17, 15) is 0 Å². The number of hydrogen-bond donors (Lipinski definition) is 2. The molecular weight excluding hydrogens is 266 g/mol. The van der Waals surface area contributed by atoms with Crippen LogP contribution in [0.5, 0.6) is 5.75 Å². The van der Waals surface area contributed by atoms with Crippen molar-refractivity contribution in [3.8, 4) is 5.75 Å². The third kappa shape index (κ3) is 2.86. The first-order valence-corrected chi connectivity index (χ1v) is 6.66. The number of ether oxygens (including phenoxy) is 1. The number of hydrogen-bond acceptors (Lipinski definition) is 3. The summed E-state index contributed by atoms with van der Waals surface area (Å²) in [6, 6.07) is 3.77. The maximum absolute atomic E-state index is 9.12. The summed E-state index contributed by atoms with van der Waals surface area (Å²) < 4.78 is 7.22. The summed E-state index contributed by atoms with van der Waals surface area (Å²) in [4.78, 5) is 0. The van der Waals surface area contributed by atoms with Crippen LogP contribution >= 0.6 is 11.6 Å². The Labute approximate surface area is 117 Å². The van der Waals surface area contributed by atoms with Crippen molar-refractivity contribution < 1.29 is 14.9 Å². The van der Waals surface area contributed by atoms with Crippen molar-refractivity contribution in [2.75, 3.05) is 20.3 Å². The molecule has 4 nitrogen and oxygen atoms in total. The van der Waals surface area contributed by atoms with Crippen LogP contribution < -0.4 is 4.74 Å². The number of halogens is 1. The molecule has 1 aromatic carbocycles. The van der Waals surface area contributed by atoms with Gasteiger partial charge in [-0.3, -0.25) is 0 Å². The van der Waals surface area contributed by atoms with E-state index >= 15 is 0 Å². The predicted octanol–water partition coefficient (Wildman–Crippen LogP) is 2.22. The van der Waals surface area contributed by atoms with Gasteiger partial charge in [0.15, 0.2) is 0 Å². The van der Waals surface area contributed by atoms with Gasteiger partial charge in [0, 0.05) is 24.7 Å². The maximum atomic E-state index is 9.12. The molecule has 0 radical (unpaired) electrons. The first-order valence-electron chi connectivity index (χ1n) is 6.28. The molecular formula is C14H18ClNO3. The molecule has 104 valence electrons. The minimum absolute atomic E-state index is 0.0763. The summed E-state index contributed by atoms with van der Waals surface area (Å²) in [6.07, 6.45) is 3.51. The Bertz CT molecular complexity index is 565. The molecule has 0 amide bonds. The minimum atomic E-state index is 0.0763. The number of aliphatic hydroxyl groups is 2. The topological polar surface area (TPSA) is 54.6 Å². The Morgan fingerprint density at radius 2 is 2.05 bits per heavy atom. The van der Waals surface area contributed by atoms with Gasteiger partial charge in [0.1, 0.15) is 5.75 Å². The molecule has 0 saturated heterocycles. The van der Waals surface area contributed by atoms with E-state index in [-0.39, 0.29) is 13.2 Å². The Morgan fingerprint density at radius 1 is 1.26 bits per heavy atom. The molecule has 0 atom stereocenters. The maximum Gasteiger partial charge on any atom is 0.138 e. The number of aromatic nitrogens is 1. The number of aryl methyl sites for hydroxylation is 1. The highest BCUT2D eigenvalue weighted by Crippen LogP contribution is 2.33. The molecule has 0 saturated carbocycles. The van der Waals surface area contributed by atoms with Crippen molar-refractivity contribution in [1.82, 2.24) is 4.57 Å². The van der Waals surface area contributed by atoms with Gasteiger partial charge in [0.25, 0.3) is 0 Å². The first-order chi connectivity index (χ1) is 9.21. The van der Waals surface area contributed by atoms with Crippen LogP contribution in [0.2, 0.25) is 5.02 Å². The SMILES string of the molecule is COc1cc2c(CCCO)cn(CCO)c2cc1Cl. The van der Waals surface area contributed by atoms with Gasteiger partial charge >= 0.3 is 0 Å². The quantitative estimate of drug-likeness (QED) is 0.855. The van der Waals surface area contributed by atoms with Crippen LogP contribution in [0.4, 0.5) is 0 Å². The van der Waals surface area contributed by atoms with Crippen molar-refractivity contribution in [1.29, 1.82) is 0 Å². The molecule has 1 aromatic heterocycles. The second-order valence-corrected chi connectivity index (χ2v) is 4.81. The Morgan fingerprint density at radius 3 is 2.68 bits per heavy atom. The monoisotopic (exact) mass is 283 g/mol. The molecule has 0 unspecified atom stereocenters. The molecule has 2 aromatic rings. The van der Waals surface area contributed by atoms with E-state index in [2.05, 4.69) is 0 Å². The highest BCUT2D eigenvalue weighted by atomic mass is 35.5. The third-order valence-electron chi connectivity index (χ3n) is 3.18. The second-order valence-electron chi connectivity index (χ2n) is 4.40. The molecule has 2 N–H and O–H groups in total. The van der Waals surface area contributed by atoms with Gasteiger partial charge in [-0.1, -0.05) is 11.6 Å². The standard InChI is InChI=1S/C14H18ClNO3/c1-19-14-7-11-10(3-2-5-17)9-16(4-6-18)13(11)8-12(14)15/h7-9,17-18H,2-6H2,1H3. The molecule has 0 aliphatic carbocycles. The van der Waals surface area contributed by atoms with Crippen LogP contribution in [0.1, 0.15) is 12.0 Å². The van der Waals surface area contributed by atoms with Gasteiger partial charge in [-0.25, -0.2) is 0 Å². The van der Waals surface area contributed by atoms with Gasteiger partial charge in [0.2, 0.25) is 0 Å². The molecule has 0 fully saturated rings. The molecule has 2 rings (SSSR count). The zero-order valence-electron chi connectivity index (χ0n) is 10.9. The Hall–Kier alpha value is -1.23. The second kappa shape index (κ2) is 6.28. The third-order valence-corrected chi connectivity index (χ3v) is 3.48. The van der Waals surface area contributed by atoms with Crippen molar-refractivity contribution in [3.63, 3.8) is 0 Å². The number of benzene rings is 1. The van der Waals surface area contributed by atoms with Gasteiger partial charge in [-0.2, -0.15) is 0 Å². The van der Waals surface area contributed by atoms with Crippen LogP contribution in [0, 0.1) is 0 Å². The highest BCUT2D eigenvalue weighted by Gasteiger charge is 2.12. The molecule has 1 heterocycles. The summed E-state index contributed by atoms with van der Waals surface area (Å²) in [6.45, 7) is 0.766. The zero-order valence-corrected chi connectivity index (χ0v) is 11.7. The summed E-state index contributed by atoms with van der Waals surface area (Å²) in [5.41, 5.74) is 2.11. The van der Waals surface area contributed by atoms with Crippen LogP contribution in [0.3, 0.4) is 0 Å². The van der Waals surface area contributed by atoms with Crippen molar-refractivity contribution >= 4 is 22.5 Å². The number of fused-ring (bicyclic) bond motifs is 1. The Kier molecular flexibility index (Phi) is 4.69. The van der Waals surface area contributed by atoms with Crippen LogP contribution in [-0.4, -0.2) is 35.1 Å². The fraction of sp³-hybridized carbons (Fsp3) is 0.429. The largest absolute Gasteiger partial charge is 0.495 e. The van der Waals surface area contributed by atoms with E-state index < -0.39 is 0 Å². The normalized spacial score (nSPS) is 11.2. The molecule has 0 aliphatic rings. The summed E-state index contributed by atoms with van der Waals surface area (Å²) in [5, 5.41) is 19.7. The van der Waals surface area contributed by atoms with Crippen molar-refractivity contribution in [2.45, 2.75) is 19.4 Å². The Balaban J connectivity index is 2.54. The van der Waals surface area contributed by atoms with E-state index in [0.717, 1.165) is 22.9 Å². The highest BCUT2D eigenvalue weighted by molar-refractivity contribution is 6.32. The molecule has 0 aliphatic heterocycles. The average Bonchev–Trinajstić information content (AvgIpc) is 2.73. The van der Waals surface area contributed by atoms with E-state index in [1.165, 1.54) is 0 Å². The van der Waals surface area contributed by atoms with Gasteiger partial charge in [-0.15, -0.1) is 0 Å². The molecule has 0 bridgehead atoms. The number of rotatable bonds is 6. The van der Waals surface area contributed by atoms with E-state index in [1.54, 1.807) is 7.11 Å². The van der Waals surface area contributed by atoms with E-state index in [1.807, 2.05) is 22.9 Å². The first kappa shape index (κ1) is 14.2. The fourth-order valence-corrected chi connectivity index (χ4v) is 2.52. The lowest BCUT2D eigenvalue weighted by Gasteiger charge is -2.06. The lowest BCUT2D eigenvalue weighted by molar-refractivity contribution is 0.277. The summed E-state index contributed by atoms with van der Waals surface area (Å²) in [5.74, 6) is 0.640. The average molecular weight is 284 g/mol. The van der Waals surface area contributed by atoms with E-state index in [0.29, 0.717) is 23.7 Å². The van der Waals surface area contributed by atoms with Crippen LogP contribution in [0.25, 0.3) is 10.9 Å². The lowest BCUT2D eigenvalue weighted by Crippen LogP contribution is -2.00.